The summed E-state index contributed by atoms with van der Waals surface area (Å²) < 4.78 is 0. The zero-order chi connectivity index (χ0) is 13.5. The van der Waals surface area contributed by atoms with Crippen LogP contribution in [0.2, 0.25) is 0 Å². The molecule has 2 atom stereocenters. The van der Waals surface area contributed by atoms with Gasteiger partial charge in [-0.1, -0.05) is 0 Å². The number of carbonyl (C=O) groups excluding carboxylic acids is 1. The highest BCUT2D eigenvalue weighted by molar-refractivity contribution is 7.09. The fraction of sp³-hybridized carbons (Fsp3) is 0.583. The van der Waals surface area contributed by atoms with Crippen molar-refractivity contribution in [2.75, 3.05) is 0 Å². The lowest BCUT2D eigenvalue weighted by Gasteiger charge is -2.37. The van der Waals surface area contributed by atoms with Gasteiger partial charge in [0.1, 0.15) is 0 Å². The van der Waals surface area contributed by atoms with Gasteiger partial charge >= 0.3 is 5.97 Å². The number of carbonyl (C=O) groups is 2. The highest BCUT2D eigenvalue weighted by Gasteiger charge is 2.49. The molecule has 1 amide bonds. The minimum Gasteiger partial charge on any atom is -0.481 e. The van der Waals surface area contributed by atoms with E-state index in [1.807, 2.05) is 20.8 Å². The largest absolute Gasteiger partial charge is 0.481 e. The number of amides is 1. The summed E-state index contributed by atoms with van der Waals surface area (Å²) >= 11 is 1.39. The number of aromatic nitrogens is 1. The van der Waals surface area contributed by atoms with Crippen molar-refractivity contribution in [1.82, 2.24) is 9.88 Å². The summed E-state index contributed by atoms with van der Waals surface area (Å²) in [5.41, 5.74) is 1.27. The van der Waals surface area contributed by atoms with Gasteiger partial charge in [0.15, 0.2) is 0 Å². The predicted octanol–water partition coefficient (Wildman–Crippen LogP) is 1.92. The van der Waals surface area contributed by atoms with Crippen LogP contribution in [-0.4, -0.2) is 32.4 Å². The quantitative estimate of drug-likeness (QED) is 0.889. The van der Waals surface area contributed by atoms with Crippen LogP contribution in [0.3, 0.4) is 0 Å². The molecule has 1 aliphatic rings. The first-order valence-corrected chi connectivity index (χ1v) is 6.63. The molecule has 2 unspecified atom stereocenters. The topological polar surface area (TPSA) is 70.5 Å². The van der Waals surface area contributed by atoms with Gasteiger partial charge in [0.05, 0.1) is 17.5 Å². The highest BCUT2D eigenvalue weighted by atomic mass is 32.1. The maximum Gasteiger partial charge on any atom is 0.309 e. The molecule has 1 aliphatic heterocycles. The van der Waals surface area contributed by atoms with Crippen molar-refractivity contribution in [2.24, 2.45) is 5.92 Å². The molecule has 98 valence electrons. The maximum absolute atomic E-state index is 12.1. The lowest BCUT2D eigenvalue weighted by Crippen LogP contribution is -2.44. The lowest BCUT2D eigenvalue weighted by molar-refractivity contribution is -0.142. The number of rotatable bonds is 2. The fourth-order valence-electron chi connectivity index (χ4n) is 2.44. The van der Waals surface area contributed by atoms with Gasteiger partial charge in [-0.2, -0.15) is 0 Å². The second-order valence-corrected chi connectivity index (χ2v) is 6.35. The van der Waals surface area contributed by atoms with E-state index in [1.165, 1.54) is 11.3 Å². The van der Waals surface area contributed by atoms with Crippen molar-refractivity contribution >= 4 is 23.2 Å². The van der Waals surface area contributed by atoms with E-state index in [0.29, 0.717) is 0 Å². The average molecular weight is 268 g/mol. The van der Waals surface area contributed by atoms with Crippen molar-refractivity contribution in [3.63, 3.8) is 0 Å². The molecule has 1 N–H and O–H groups in total. The van der Waals surface area contributed by atoms with Gasteiger partial charge in [-0.25, -0.2) is 0 Å². The van der Waals surface area contributed by atoms with Crippen molar-refractivity contribution in [3.8, 4) is 0 Å². The minimum absolute atomic E-state index is 0.0647. The number of carboxylic acids is 1. The predicted molar refractivity (Wildman–Crippen MR) is 67.2 cm³/mol. The Hall–Kier alpha value is -1.43. The monoisotopic (exact) mass is 268 g/mol. The third-order valence-electron chi connectivity index (χ3n) is 3.11. The number of hydrogen-bond donors (Lipinski definition) is 1. The van der Waals surface area contributed by atoms with Gasteiger partial charge in [0.25, 0.3) is 0 Å². The van der Waals surface area contributed by atoms with E-state index in [0.717, 1.165) is 4.88 Å². The Bertz CT molecular complexity index is 464. The van der Waals surface area contributed by atoms with Crippen LogP contribution >= 0.6 is 11.3 Å². The van der Waals surface area contributed by atoms with Crippen molar-refractivity contribution < 1.29 is 14.7 Å². The molecule has 5 nitrogen and oxygen atoms in total. The van der Waals surface area contributed by atoms with Gasteiger partial charge < -0.3 is 10.0 Å². The van der Waals surface area contributed by atoms with Crippen LogP contribution in [0.1, 0.15) is 38.1 Å². The number of nitrogens with zero attached hydrogens (tertiary/aromatic N) is 2. The van der Waals surface area contributed by atoms with Gasteiger partial charge in [-0.3, -0.25) is 14.6 Å². The molecular formula is C12H16N2O3S. The summed E-state index contributed by atoms with van der Waals surface area (Å²) in [6.07, 6.45) is 1.72. The van der Waals surface area contributed by atoms with E-state index in [1.54, 1.807) is 16.6 Å². The van der Waals surface area contributed by atoms with Crippen molar-refractivity contribution in [3.05, 3.63) is 16.6 Å². The number of aliphatic carboxylic acids is 1. The molecule has 0 radical (unpaired) electrons. The maximum atomic E-state index is 12.1. The van der Waals surface area contributed by atoms with E-state index in [9.17, 15) is 14.7 Å². The van der Waals surface area contributed by atoms with E-state index >= 15 is 0 Å². The molecular weight excluding hydrogens is 252 g/mol. The van der Waals surface area contributed by atoms with E-state index in [4.69, 9.17) is 0 Å². The lowest BCUT2D eigenvalue weighted by atomic mass is 9.97. The van der Waals surface area contributed by atoms with Crippen LogP contribution in [0.4, 0.5) is 0 Å². The molecule has 1 saturated heterocycles. The number of thiazole rings is 1. The third-order valence-corrected chi connectivity index (χ3v) is 3.95. The first-order chi connectivity index (χ1) is 8.32. The molecule has 18 heavy (non-hydrogen) atoms. The zero-order valence-corrected chi connectivity index (χ0v) is 11.4. The normalized spacial score (nSPS) is 24.6. The van der Waals surface area contributed by atoms with E-state index in [2.05, 4.69) is 4.98 Å². The average Bonchev–Trinajstić information content (AvgIpc) is 2.81. The Morgan fingerprint density at radius 3 is 2.67 bits per heavy atom. The second kappa shape index (κ2) is 4.35. The molecule has 0 aromatic carbocycles. The number of hydrogen-bond acceptors (Lipinski definition) is 4. The molecule has 2 rings (SSSR count). The first-order valence-electron chi connectivity index (χ1n) is 5.75. The number of carboxylic acid groups (broad SMARTS) is 1. The minimum atomic E-state index is -0.923. The Morgan fingerprint density at radius 2 is 2.22 bits per heavy atom. The van der Waals surface area contributed by atoms with Gasteiger partial charge in [-0.05, 0) is 20.8 Å². The fourth-order valence-corrected chi connectivity index (χ4v) is 3.22. The summed E-state index contributed by atoms with van der Waals surface area (Å²) in [6.45, 7) is 5.76. The molecule has 1 aromatic heterocycles. The van der Waals surface area contributed by atoms with Gasteiger partial charge in [0.2, 0.25) is 5.91 Å². The SMILES string of the molecule is CC(C)(C)N1C(=O)CC(C(=O)O)C1c1cncs1. The molecule has 0 aliphatic carbocycles. The van der Waals surface area contributed by atoms with Crippen LogP contribution < -0.4 is 0 Å². The van der Waals surface area contributed by atoms with E-state index in [-0.39, 0.29) is 12.3 Å². The standard InChI is InChI=1S/C12H16N2O3S/c1-12(2,3)14-9(15)4-7(11(16)17)10(14)8-5-13-6-18-8/h5-7,10H,4H2,1-3H3,(H,16,17). The Kier molecular flexibility index (Phi) is 3.14. The third kappa shape index (κ3) is 2.12. The Balaban J connectivity index is 2.45. The van der Waals surface area contributed by atoms with Crippen LogP contribution in [0.15, 0.2) is 11.7 Å². The summed E-state index contributed by atoms with van der Waals surface area (Å²) in [6, 6.07) is -0.400. The zero-order valence-electron chi connectivity index (χ0n) is 10.6. The molecule has 0 saturated carbocycles. The molecule has 0 bridgehead atoms. The van der Waals surface area contributed by atoms with Crippen molar-refractivity contribution in [1.29, 1.82) is 0 Å². The molecule has 1 aromatic rings. The van der Waals surface area contributed by atoms with Gasteiger partial charge in [-0.15, -0.1) is 11.3 Å². The second-order valence-electron chi connectivity index (χ2n) is 5.43. The van der Waals surface area contributed by atoms with Gasteiger partial charge in [0, 0.05) is 23.0 Å². The smallest absolute Gasteiger partial charge is 0.309 e. The van der Waals surface area contributed by atoms with Crippen LogP contribution in [0, 0.1) is 5.92 Å². The molecule has 6 heteroatoms. The van der Waals surface area contributed by atoms with Crippen LogP contribution in [-0.2, 0) is 9.59 Å². The molecule has 0 spiro atoms. The highest BCUT2D eigenvalue weighted by Crippen LogP contribution is 2.43. The van der Waals surface area contributed by atoms with E-state index < -0.39 is 23.5 Å². The summed E-state index contributed by atoms with van der Waals surface area (Å²) in [7, 11) is 0. The molecule has 2 heterocycles. The van der Waals surface area contributed by atoms with Crippen LogP contribution in [0.25, 0.3) is 0 Å². The van der Waals surface area contributed by atoms with Crippen molar-refractivity contribution in [2.45, 2.75) is 38.8 Å². The number of likely N-dealkylation sites (tertiary alicyclic amines) is 1. The summed E-state index contributed by atoms with van der Waals surface area (Å²) in [4.78, 5) is 29.9. The summed E-state index contributed by atoms with van der Waals surface area (Å²) in [5, 5.41) is 9.29. The molecule has 1 fully saturated rings. The Morgan fingerprint density at radius 1 is 1.56 bits per heavy atom. The Labute approximate surface area is 109 Å². The first kappa shape index (κ1) is 13.0. The van der Waals surface area contributed by atoms with Crippen LogP contribution in [0.5, 0.6) is 0 Å². The summed E-state index contributed by atoms with van der Waals surface area (Å²) in [5.74, 6) is -1.71.